The average molecular weight is 493 g/mol. The molecule has 1 N–H and O–H groups in total. The third kappa shape index (κ3) is 4.68. The van der Waals surface area contributed by atoms with Gasteiger partial charge < -0.3 is 23.9 Å². The number of benzene rings is 2. The van der Waals surface area contributed by atoms with E-state index in [2.05, 4.69) is 10.3 Å². The molecule has 0 fully saturated rings. The first kappa shape index (κ1) is 24.2. The Labute approximate surface area is 208 Å². The zero-order chi connectivity index (χ0) is 25.1. The first-order chi connectivity index (χ1) is 16.9. The topological polar surface area (TPSA) is 82.8 Å². The summed E-state index contributed by atoms with van der Waals surface area (Å²) in [5, 5.41) is 3.87. The van der Waals surface area contributed by atoms with E-state index in [1.165, 1.54) is 6.08 Å². The number of nitrogens with zero attached hydrogens (tertiary/aromatic N) is 1. The second-order valence-corrected chi connectivity index (χ2v) is 8.19. The predicted octanol–water partition coefficient (Wildman–Crippen LogP) is 6.52. The maximum atomic E-state index is 12.7. The number of hydrogen-bond acceptors (Lipinski definition) is 6. The molecule has 0 aliphatic carbocycles. The van der Waals surface area contributed by atoms with Crippen LogP contribution < -0.4 is 19.5 Å². The molecule has 4 aromatic rings. The van der Waals surface area contributed by atoms with Crippen LogP contribution in [-0.2, 0) is 4.79 Å². The predicted molar refractivity (Wildman–Crippen MR) is 138 cm³/mol. The number of carbonyl (C=O) groups is 1. The number of pyridine rings is 1. The molecule has 0 aliphatic rings. The number of fused-ring (bicyclic) bond motifs is 1. The molecule has 2 aromatic heterocycles. The monoisotopic (exact) mass is 492 g/mol. The first-order valence-electron chi connectivity index (χ1n) is 10.8. The third-order valence-corrected chi connectivity index (χ3v) is 6.03. The minimum Gasteiger partial charge on any atom is -0.496 e. The summed E-state index contributed by atoms with van der Waals surface area (Å²) in [4.78, 5) is 16.7. The van der Waals surface area contributed by atoms with Gasteiger partial charge in [-0.1, -0.05) is 17.7 Å². The van der Waals surface area contributed by atoms with Crippen LogP contribution in [0.1, 0.15) is 18.1 Å². The molecule has 0 radical (unpaired) electrons. The summed E-state index contributed by atoms with van der Waals surface area (Å²) in [6.07, 6.45) is 4.77. The van der Waals surface area contributed by atoms with Crippen molar-refractivity contribution in [3.63, 3.8) is 0 Å². The van der Waals surface area contributed by atoms with Crippen LogP contribution in [0.15, 0.2) is 59.4 Å². The maximum absolute atomic E-state index is 12.7. The fourth-order valence-corrected chi connectivity index (χ4v) is 4.19. The standard InChI is InChI=1S/C27H25ClN2O5/c1-15(11-24(31)30-21-7-6-10-29-27(21)28)18-13-19-20(14-35-26(19)16(2)25(18)34-5)17-8-9-22(32-3)23(12-17)33-4/h6-14H,1-5H3,(H,30,31)/b15-11+. The number of allylic oxidation sites excluding steroid dienone is 1. The summed E-state index contributed by atoms with van der Waals surface area (Å²) in [5.74, 6) is 1.56. The lowest BCUT2D eigenvalue weighted by molar-refractivity contribution is -0.111. The largest absolute Gasteiger partial charge is 0.496 e. The van der Waals surface area contributed by atoms with Gasteiger partial charge in [0.15, 0.2) is 16.7 Å². The van der Waals surface area contributed by atoms with Crippen LogP contribution in [0.25, 0.3) is 27.7 Å². The van der Waals surface area contributed by atoms with Crippen LogP contribution in [-0.4, -0.2) is 32.2 Å². The Balaban J connectivity index is 1.79. The summed E-state index contributed by atoms with van der Waals surface area (Å²) in [6.45, 7) is 3.78. The number of anilines is 1. The molecule has 8 heteroatoms. The minimum atomic E-state index is -0.329. The van der Waals surface area contributed by atoms with E-state index in [0.29, 0.717) is 34.1 Å². The van der Waals surface area contributed by atoms with E-state index in [-0.39, 0.29) is 11.1 Å². The summed E-state index contributed by atoms with van der Waals surface area (Å²) >= 11 is 6.07. The lowest BCUT2D eigenvalue weighted by Crippen LogP contribution is -2.09. The van der Waals surface area contributed by atoms with Gasteiger partial charge in [-0.2, -0.15) is 0 Å². The number of aryl methyl sites for hydroxylation is 1. The van der Waals surface area contributed by atoms with Gasteiger partial charge in [0.2, 0.25) is 5.91 Å². The van der Waals surface area contributed by atoms with E-state index in [1.807, 2.05) is 38.1 Å². The van der Waals surface area contributed by atoms with Crippen molar-refractivity contribution >= 4 is 39.7 Å². The fourth-order valence-electron chi connectivity index (χ4n) is 4.02. The molecule has 2 aromatic carbocycles. The Morgan fingerprint density at radius 3 is 2.54 bits per heavy atom. The summed E-state index contributed by atoms with van der Waals surface area (Å²) in [5.41, 5.74) is 5.24. The number of hydrogen-bond donors (Lipinski definition) is 1. The highest BCUT2D eigenvalue weighted by Crippen LogP contribution is 2.42. The van der Waals surface area contributed by atoms with Gasteiger partial charge in [-0.05, 0) is 55.3 Å². The van der Waals surface area contributed by atoms with E-state index in [1.54, 1.807) is 45.9 Å². The summed E-state index contributed by atoms with van der Waals surface area (Å²) in [6, 6.07) is 11.0. The molecule has 180 valence electrons. The number of aromatic nitrogens is 1. The smallest absolute Gasteiger partial charge is 0.248 e. The van der Waals surface area contributed by atoms with Crippen LogP contribution in [0.3, 0.4) is 0 Å². The van der Waals surface area contributed by atoms with Crippen LogP contribution in [0.4, 0.5) is 5.69 Å². The molecule has 7 nitrogen and oxygen atoms in total. The maximum Gasteiger partial charge on any atom is 0.248 e. The highest BCUT2D eigenvalue weighted by Gasteiger charge is 2.20. The lowest BCUT2D eigenvalue weighted by atomic mass is 9.96. The van der Waals surface area contributed by atoms with Gasteiger partial charge in [-0.3, -0.25) is 4.79 Å². The van der Waals surface area contributed by atoms with Gasteiger partial charge >= 0.3 is 0 Å². The van der Waals surface area contributed by atoms with Crippen molar-refractivity contribution in [2.24, 2.45) is 0 Å². The third-order valence-electron chi connectivity index (χ3n) is 5.73. The molecular formula is C27H25ClN2O5. The number of carbonyl (C=O) groups excluding carboxylic acids is 1. The summed E-state index contributed by atoms with van der Waals surface area (Å²) in [7, 11) is 4.79. The van der Waals surface area contributed by atoms with Crippen molar-refractivity contribution in [3.8, 4) is 28.4 Å². The average Bonchev–Trinajstić information content (AvgIpc) is 3.29. The van der Waals surface area contributed by atoms with Crippen molar-refractivity contribution in [1.82, 2.24) is 4.98 Å². The van der Waals surface area contributed by atoms with Crippen molar-refractivity contribution in [3.05, 3.63) is 71.2 Å². The van der Waals surface area contributed by atoms with Crippen LogP contribution in [0.5, 0.6) is 17.2 Å². The van der Waals surface area contributed by atoms with Crippen LogP contribution >= 0.6 is 11.6 Å². The van der Waals surface area contributed by atoms with Gasteiger partial charge in [0, 0.05) is 34.3 Å². The molecule has 4 rings (SSSR count). The van der Waals surface area contributed by atoms with E-state index >= 15 is 0 Å². The second-order valence-electron chi connectivity index (χ2n) is 7.84. The first-order valence-corrected chi connectivity index (χ1v) is 11.2. The van der Waals surface area contributed by atoms with Crippen molar-refractivity contribution in [1.29, 1.82) is 0 Å². The van der Waals surface area contributed by atoms with Crippen molar-refractivity contribution < 1.29 is 23.4 Å². The molecule has 0 aliphatic heterocycles. The summed E-state index contributed by atoms with van der Waals surface area (Å²) < 4.78 is 22.5. The van der Waals surface area contributed by atoms with Gasteiger partial charge in [0.05, 0.1) is 33.3 Å². The number of methoxy groups -OCH3 is 3. The van der Waals surface area contributed by atoms with Gasteiger partial charge in [-0.25, -0.2) is 4.98 Å². The molecule has 0 saturated carbocycles. The molecular weight excluding hydrogens is 468 g/mol. The Kier molecular flexibility index (Phi) is 6.98. The highest BCUT2D eigenvalue weighted by atomic mass is 35.5. The number of ether oxygens (including phenoxy) is 3. The lowest BCUT2D eigenvalue weighted by Gasteiger charge is -2.14. The number of rotatable bonds is 7. The molecule has 0 saturated heterocycles. The molecule has 35 heavy (non-hydrogen) atoms. The molecule has 2 heterocycles. The number of nitrogens with one attached hydrogen (secondary N) is 1. The number of furan rings is 1. The molecule has 0 unspecified atom stereocenters. The van der Waals surface area contributed by atoms with Gasteiger partial charge in [0.25, 0.3) is 0 Å². The number of amides is 1. The molecule has 0 bridgehead atoms. The zero-order valence-corrected chi connectivity index (χ0v) is 20.8. The molecule has 0 atom stereocenters. The molecule has 1 amide bonds. The van der Waals surface area contributed by atoms with E-state index in [0.717, 1.165) is 27.6 Å². The SMILES string of the molecule is COc1ccc(-c2coc3c(C)c(OC)c(/C(C)=C/C(=O)Nc4cccnc4Cl)cc23)cc1OC. The van der Waals surface area contributed by atoms with Gasteiger partial charge in [0.1, 0.15) is 11.3 Å². The van der Waals surface area contributed by atoms with Crippen LogP contribution in [0, 0.1) is 6.92 Å². The Morgan fingerprint density at radius 1 is 1.09 bits per heavy atom. The molecule has 0 spiro atoms. The van der Waals surface area contributed by atoms with E-state index in [9.17, 15) is 4.79 Å². The van der Waals surface area contributed by atoms with Crippen LogP contribution in [0.2, 0.25) is 5.15 Å². The Hall–Kier alpha value is -3.97. The zero-order valence-electron chi connectivity index (χ0n) is 20.1. The quantitative estimate of drug-likeness (QED) is 0.233. The Morgan fingerprint density at radius 2 is 1.86 bits per heavy atom. The highest BCUT2D eigenvalue weighted by molar-refractivity contribution is 6.32. The van der Waals surface area contributed by atoms with E-state index < -0.39 is 0 Å². The second kappa shape index (κ2) is 10.1. The van der Waals surface area contributed by atoms with E-state index in [4.69, 9.17) is 30.2 Å². The normalized spacial score (nSPS) is 11.4. The van der Waals surface area contributed by atoms with Crippen molar-refractivity contribution in [2.75, 3.05) is 26.6 Å². The van der Waals surface area contributed by atoms with Crippen molar-refractivity contribution in [2.45, 2.75) is 13.8 Å². The fraction of sp³-hybridized carbons (Fsp3) is 0.185. The number of halogens is 1. The minimum absolute atomic E-state index is 0.222. The Bertz CT molecular complexity index is 1440. The van der Waals surface area contributed by atoms with Gasteiger partial charge in [-0.15, -0.1) is 0 Å².